The van der Waals surface area contributed by atoms with Crippen molar-refractivity contribution in [2.75, 3.05) is 5.32 Å². The van der Waals surface area contributed by atoms with E-state index >= 15 is 0 Å². The van der Waals surface area contributed by atoms with Crippen LogP contribution in [-0.4, -0.2) is 9.97 Å². The second-order valence-electron chi connectivity index (χ2n) is 7.39. The summed E-state index contributed by atoms with van der Waals surface area (Å²) in [4.78, 5) is 8.91. The van der Waals surface area contributed by atoms with Crippen molar-refractivity contribution in [1.29, 1.82) is 0 Å². The fourth-order valence-electron chi connectivity index (χ4n) is 2.59. The van der Waals surface area contributed by atoms with Crippen LogP contribution in [0.4, 0.5) is 5.95 Å². The maximum Gasteiger partial charge on any atom is 0.226 e. The maximum absolute atomic E-state index is 5.93. The first-order chi connectivity index (χ1) is 12.4. The molecular weight excluding hydrogens is 322 g/mol. The van der Waals surface area contributed by atoms with Crippen molar-refractivity contribution in [1.82, 2.24) is 9.97 Å². The largest absolute Gasteiger partial charge is 0.439 e. The molecule has 0 spiro atoms. The monoisotopic (exact) mass is 347 g/mol. The third kappa shape index (κ3) is 4.82. The second-order valence-corrected chi connectivity index (χ2v) is 7.39. The van der Waals surface area contributed by atoms with E-state index in [0.717, 1.165) is 11.4 Å². The molecule has 0 radical (unpaired) electrons. The number of aryl methyl sites for hydroxylation is 1. The second kappa shape index (κ2) is 7.56. The molecule has 1 aromatic heterocycles. The van der Waals surface area contributed by atoms with Gasteiger partial charge in [0.05, 0.1) is 0 Å². The number of benzene rings is 2. The maximum atomic E-state index is 5.93. The number of nitrogens with zero attached hydrogens (tertiary/aromatic N) is 2. The summed E-state index contributed by atoms with van der Waals surface area (Å²) in [6.07, 6.45) is 0. The molecule has 4 nitrogen and oxygen atoms in total. The van der Waals surface area contributed by atoms with Gasteiger partial charge in [0, 0.05) is 18.3 Å². The van der Waals surface area contributed by atoms with Gasteiger partial charge in [-0.15, -0.1) is 0 Å². The molecule has 0 atom stereocenters. The lowest BCUT2D eigenvalue weighted by Crippen LogP contribution is -2.10. The molecular formula is C22H25N3O. The molecule has 0 unspecified atom stereocenters. The highest BCUT2D eigenvalue weighted by atomic mass is 16.5. The van der Waals surface area contributed by atoms with Crippen LogP contribution in [0.25, 0.3) is 0 Å². The van der Waals surface area contributed by atoms with E-state index in [1.54, 1.807) is 0 Å². The number of rotatable bonds is 5. The Balaban J connectivity index is 1.71. The molecule has 4 heteroatoms. The minimum atomic E-state index is 0.124. The SMILES string of the molecule is Cc1cc(Oc2ccc(C(C)(C)C)cc2)nc(NCc2ccccc2)n1. The summed E-state index contributed by atoms with van der Waals surface area (Å²) in [7, 11) is 0. The van der Waals surface area contributed by atoms with E-state index in [1.807, 2.05) is 43.3 Å². The van der Waals surface area contributed by atoms with Crippen molar-refractivity contribution >= 4 is 5.95 Å². The first-order valence-corrected chi connectivity index (χ1v) is 8.82. The van der Waals surface area contributed by atoms with Crippen molar-refractivity contribution in [3.63, 3.8) is 0 Å². The van der Waals surface area contributed by atoms with Crippen LogP contribution in [0.1, 0.15) is 37.6 Å². The predicted molar refractivity (Wildman–Crippen MR) is 106 cm³/mol. The number of ether oxygens (including phenoxy) is 1. The lowest BCUT2D eigenvalue weighted by atomic mass is 9.87. The van der Waals surface area contributed by atoms with Gasteiger partial charge in [0.1, 0.15) is 5.75 Å². The predicted octanol–water partition coefficient (Wildman–Crippen LogP) is 5.49. The summed E-state index contributed by atoms with van der Waals surface area (Å²) in [6, 6.07) is 20.2. The highest BCUT2D eigenvalue weighted by Crippen LogP contribution is 2.26. The fraction of sp³-hybridized carbons (Fsp3) is 0.273. The van der Waals surface area contributed by atoms with Crippen molar-refractivity contribution < 1.29 is 4.74 Å². The normalized spacial score (nSPS) is 11.2. The van der Waals surface area contributed by atoms with E-state index in [-0.39, 0.29) is 5.41 Å². The number of anilines is 1. The lowest BCUT2D eigenvalue weighted by Gasteiger charge is -2.19. The van der Waals surface area contributed by atoms with E-state index in [4.69, 9.17) is 4.74 Å². The van der Waals surface area contributed by atoms with Crippen LogP contribution < -0.4 is 10.1 Å². The third-order valence-electron chi connectivity index (χ3n) is 4.07. The molecule has 0 saturated carbocycles. The summed E-state index contributed by atoms with van der Waals surface area (Å²) in [5.41, 5.74) is 3.43. The molecule has 2 aromatic carbocycles. The molecule has 1 N–H and O–H groups in total. The Morgan fingerprint density at radius 2 is 1.62 bits per heavy atom. The van der Waals surface area contributed by atoms with E-state index in [0.29, 0.717) is 18.4 Å². The van der Waals surface area contributed by atoms with Gasteiger partial charge in [0.25, 0.3) is 0 Å². The molecule has 0 bridgehead atoms. The van der Waals surface area contributed by atoms with Crippen LogP contribution in [-0.2, 0) is 12.0 Å². The summed E-state index contributed by atoms with van der Waals surface area (Å²) in [5.74, 6) is 1.87. The molecule has 0 aliphatic rings. The Bertz CT molecular complexity index is 853. The van der Waals surface area contributed by atoms with E-state index in [9.17, 15) is 0 Å². The molecule has 0 aliphatic carbocycles. The van der Waals surface area contributed by atoms with Gasteiger partial charge in [-0.25, -0.2) is 4.98 Å². The Morgan fingerprint density at radius 3 is 2.27 bits per heavy atom. The highest BCUT2D eigenvalue weighted by molar-refractivity contribution is 5.36. The smallest absolute Gasteiger partial charge is 0.226 e. The Hall–Kier alpha value is -2.88. The summed E-state index contributed by atoms with van der Waals surface area (Å²) < 4.78 is 5.93. The van der Waals surface area contributed by atoms with Crippen LogP contribution in [0, 0.1) is 6.92 Å². The number of aromatic nitrogens is 2. The fourth-order valence-corrected chi connectivity index (χ4v) is 2.59. The minimum absolute atomic E-state index is 0.124. The quantitative estimate of drug-likeness (QED) is 0.663. The molecule has 0 amide bonds. The van der Waals surface area contributed by atoms with Crippen LogP contribution in [0.3, 0.4) is 0 Å². The van der Waals surface area contributed by atoms with Crippen LogP contribution in [0.2, 0.25) is 0 Å². The lowest BCUT2D eigenvalue weighted by molar-refractivity contribution is 0.460. The Kier molecular flexibility index (Phi) is 5.21. The van der Waals surface area contributed by atoms with Gasteiger partial charge in [-0.05, 0) is 35.6 Å². The average Bonchev–Trinajstić information content (AvgIpc) is 2.60. The van der Waals surface area contributed by atoms with Gasteiger partial charge in [-0.2, -0.15) is 4.98 Å². The van der Waals surface area contributed by atoms with Gasteiger partial charge in [-0.1, -0.05) is 63.2 Å². The Morgan fingerprint density at radius 1 is 0.923 bits per heavy atom. The molecule has 1 heterocycles. The van der Waals surface area contributed by atoms with Gasteiger partial charge in [-0.3, -0.25) is 0 Å². The number of hydrogen-bond acceptors (Lipinski definition) is 4. The van der Waals surface area contributed by atoms with E-state index in [2.05, 4.69) is 60.3 Å². The van der Waals surface area contributed by atoms with Crippen molar-refractivity contribution in [3.8, 4) is 11.6 Å². The summed E-state index contributed by atoms with van der Waals surface area (Å²) in [5, 5.41) is 3.25. The minimum Gasteiger partial charge on any atom is -0.439 e. The number of hydrogen-bond donors (Lipinski definition) is 1. The van der Waals surface area contributed by atoms with E-state index < -0.39 is 0 Å². The zero-order chi connectivity index (χ0) is 18.6. The summed E-state index contributed by atoms with van der Waals surface area (Å²) in [6.45, 7) is 9.19. The summed E-state index contributed by atoms with van der Waals surface area (Å²) >= 11 is 0. The average molecular weight is 347 g/mol. The molecule has 134 valence electrons. The van der Waals surface area contributed by atoms with Gasteiger partial charge < -0.3 is 10.1 Å². The first-order valence-electron chi connectivity index (χ1n) is 8.82. The zero-order valence-corrected chi connectivity index (χ0v) is 15.8. The first kappa shape index (κ1) is 17.9. The standard InChI is InChI=1S/C22H25N3O/c1-16-14-20(26-19-12-10-18(11-13-19)22(2,3)4)25-21(24-16)23-15-17-8-6-5-7-9-17/h5-14H,15H2,1-4H3,(H,23,24,25). The van der Waals surface area contributed by atoms with Crippen LogP contribution >= 0.6 is 0 Å². The topological polar surface area (TPSA) is 47.0 Å². The van der Waals surface area contributed by atoms with Gasteiger partial charge in [0.15, 0.2) is 0 Å². The highest BCUT2D eigenvalue weighted by Gasteiger charge is 2.13. The molecule has 0 fully saturated rings. The zero-order valence-electron chi connectivity index (χ0n) is 15.8. The van der Waals surface area contributed by atoms with Gasteiger partial charge in [0.2, 0.25) is 11.8 Å². The molecule has 26 heavy (non-hydrogen) atoms. The third-order valence-corrected chi connectivity index (χ3v) is 4.07. The van der Waals surface area contributed by atoms with Crippen LogP contribution in [0.5, 0.6) is 11.6 Å². The molecule has 3 rings (SSSR count). The van der Waals surface area contributed by atoms with Gasteiger partial charge >= 0.3 is 0 Å². The van der Waals surface area contributed by atoms with Crippen LogP contribution in [0.15, 0.2) is 60.7 Å². The van der Waals surface area contributed by atoms with Crippen molar-refractivity contribution in [3.05, 3.63) is 77.5 Å². The molecule has 3 aromatic rings. The Labute approximate surface area is 155 Å². The van der Waals surface area contributed by atoms with E-state index in [1.165, 1.54) is 11.1 Å². The van der Waals surface area contributed by atoms with Crippen molar-refractivity contribution in [2.45, 2.75) is 39.7 Å². The molecule has 0 aliphatic heterocycles. The molecule has 0 saturated heterocycles. The van der Waals surface area contributed by atoms with Crippen molar-refractivity contribution in [2.24, 2.45) is 0 Å². The number of nitrogens with one attached hydrogen (secondary N) is 1.